The Kier molecular flexibility index (Phi) is 7.39. The number of nitrogens with zero attached hydrogens (tertiary/aromatic N) is 1. The van der Waals surface area contributed by atoms with Gasteiger partial charge in [-0.05, 0) is 133 Å². The molecule has 0 spiro atoms. The lowest BCUT2D eigenvalue weighted by Crippen LogP contribution is -2.19. The maximum absolute atomic E-state index is 2.56. The van der Waals surface area contributed by atoms with E-state index in [1.807, 2.05) is 0 Å². The normalized spacial score (nSPS) is 14.3. The molecule has 0 bridgehead atoms. The second-order valence-corrected chi connectivity index (χ2v) is 16.7. The van der Waals surface area contributed by atoms with Crippen molar-refractivity contribution in [2.75, 3.05) is 4.90 Å². The van der Waals surface area contributed by atoms with Gasteiger partial charge in [0.15, 0.2) is 0 Å². The lowest BCUT2D eigenvalue weighted by atomic mass is 9.82. The largest absolute Gasteiger partial charge is 0.310 e. The maximum atomic E-state index is 2.56. The van der Waals surface area contributed by atoms with E-state index in [2.05, 4.69) is 210 Å². The number of hydrogen-bond acceptors (Lipinski definition) is 1. The van der Waals surface area contributed by atoms with Crippen LogP contribution in [0.4, 0.5) is 17.1 Å². The summed E-state index contributed by atoms with van der Waals surface area (Å²) >= 11 is 0. The number of anilines is 3. The van der Waals surface area contributed by atoms with Gasteiger partial charge in [-0.25, -0.2) is 0 Å². The average Bonchev–Trinajstić information content (AvgIpc) is 3.57. The zero-order valence-corrected chi connectivity index (χ0v) is 32.5. The fraction of sp³-hybridized carbons (Fsp3) is 0.148. The Morgan fingerprint density at radius 1 is 0.364 bits per heavy atom. The molecule has 1 heteroatoms. The summed E-state index contributed by atoms with van der Waals surface area (Å²) in [6, 6.07) is 61.4. The van der Waals surface area contributed by atoms with Crippen LogP contribution < -0.4 is 4.90 Å². The minimum atomic E-state index is -0.124. The third-order valence-electron chi connectivity index (χ3n) is 12.7. The molecule has 0 unspecified atom stereocenters. The highest BCUT2D eigenvalue weighted by molar-refractivity contribution is 6.01. The first kappa shape index (κ1) is 33.4. The van der Waals surface area contributed by atoms with Crippen LogP contribution in [-0.4, -0.2) is 0 Å². The second-order valence-electron chi connectivity index (χ2n) is 16.7. The molecule has 1 nitrogen and oxygen atoms in total. The van der Waals surface area contributed by atoms with E-state index >= 15 is 0 Å². The van der Waals surface area contributed by atoms with Crippen molar-refractivity contribution in [2.45, 2.75) is 52.4 Å². The summed E-state index contributed by atoms with van der Waals surface area (Å²) in [4.78, 5) is 2.56. The number of hydrogen-bond donors (Lipinski definition) is 0. The van der Waals surface area contributed by atoms with Crippen LogP contribution >= 0.6 is 0 Å². The zero-order chi connectivity index (χ0) is 37.6. The van der Waals surface area contributed by atoms with Crippen molar-refractivity contribution in [1.29, 1.82) is 0 Å². The summed E-state index contributed by atoms with van der Waals surface area (Å²) < 4.78 is 0. The molecule has 0 atom stereocenters. The first-order chi connectivity index (χ1) is 26.6. The first-order valence-electron chi connectivity index (χ1n) is 19.6. The summed E-state index contributed by atoms with van der Waals surface area (Å²) in [5, 5.41) is 2.52. The molecule has 0 heterocycles. The van der Waals surface area contributed by atoms with Crippen molar-refractivity contribution in [3.8, 4) is 44.5 Å². The fourth-order valence-corrected chi connectivity index (χ4v) is 9.86. The number of rotatable bonds is 5. The molecule has 8 aromatic rings. The molecule has 0 N–H and O–H groups in total. The predicted molar refractivity (Wildman–Crippen MR) is 234 cm³/mol. The topological polar surface area (TPSA) is 3.24 Å². The summed E-state index contributed by atoms with van der Waals surface area (Å²) in [7, 11) is 0. The van der Waals surface area contributed by atoms with Gasteiger partial charge in [0, 0.05) is 27.8 Å². The third-order valence-corrected chi connectivity index (χ3v) is 12.7. The van der Waals surface area contributed by atoms with Crippen molar-refractivity contribution in [3.63, 3.8) is 0 Å². The molecule has 0 fully saturated rings. The molecule has 0 radical (unpaired) electrons. The monoisotopic (exact) mass is 707 g/mol. The minimum Gasteiger partial charge on any atom is -0.310 e. The molecule has 2 aliphatic carbocycles. The first-order valence-corrected chi connectivity index (χ1v) is 19.6. The zero-order valence-electron chi connectivity index (χ0n) is 32.5. The van der Waals surface area contributed by atoms with Crippen LogP contribution in [0.3, 0.4) is 0 Å². The lowest BCUT2D eigenvalue weighted by molar-refractivity contribution is 0.660. The minimum absolute atomic E-state index is 0.124. The Morgan fingerprint density at radius 3 is 1.47 bits per heavy atom. The molecule has 10 rings (SSSR count). The molecule has 2 aliphatic rings. The third kappa shape index (κ3) is 4.99. The molecule has 0 amide bonds. The van der Waals surface area contributed by atoms with E-state index in [-0.39, 0.29) is 10.8 Å². The molecule has 266 valence electrons. The van der Waals surface area contributed by atoms with Crippen LogP contribution in [0.1, 0.15) is 61.1 Å². The van der Waals surface area contributed by atoms with Gasteiger partial charge < -0.3 is 4.90 Å². The van der Waals surface area contributed by atoms with Crippen molar-refractivity contribution in [2.24, 2.45) is 0 Å². The molecule has 0 saturated carbocycles. The number of fused-ring (bicyclic) bond motifs is 7. The van der Waals surface area contributed by atoms with Crippen molar-refractivity contribution < 1.29 is 0 Å². The predicted octanol–water partition coefficient (Wildman–Crippen LogP) is 14.9. The van der Waals surface area contributed by atoms with Crippen LogP contribution in [0, 0.1) is 13.8 Å². The SMILES string of the molecule is Cc1ccccc1-c1cc(-c2cccc3ccccc23)cc(C)c1N(c1ccc2c(c1)C(C)(C)c1ccccc1-2)c1ccc2c(c1)C(C)(C)c1ccccc1-2. The van der Waals surface area contributed by atoms with Gasteiger partial charge in [0.05, 0.1) is 5.69 Å². The summed E-state index contributed by atoms with van der Waals surface area (Å²) in [6.45, 7) is 14.1. The van der Waals surface area contributed by atoms with Gasteiger partial charge >= 0.3 is 0 Å². The van der Waals surface area contributed by atoms with E-state index in [1.165, 1.54) is 106 Å². The lowest BCUT2D eigenvalue weighted by Gasteiger charge is -2.33. The molecule has 0 saturated heterocycles. The Balaban J connectivity index is 1.26. The molecule has 8 aromatic carbocycles. The van der Waals surface area contributed by atoms with Gasteiger partial charge in [-0.3, -0.25) is 0 Å². The van der Waals surface area contributed by atoms with E-state index in [4.69, 9.17) is 0 Å². The highest BCUT2D eigenvalue weighted by atomic mass is 15.1. The van der Waals surface area contributed by atoms with Crippen LogP contribution in [0.15, 0.2) is 164 Å². The van der Waals surface area contributed by atoms with E-state index < -0.39 is 0 Å². The molecule has 0 aliphatic heterocycles. The Labute approximate surface area is 325 Å². The van der Waals surface area contributed by atoms with Crippen LogP contribution in [0.5, 0.6) is 0 Å². The summed E-state index contributed by atoms with van der Waals surface area (Å²) in [5.41, 5.74) is 21.6. The van der Waals surface area contributed by atoms with Crippen molar-refractivity contribution >= 4 is 27.8 Å². The second kappa shape index (κ2) is 12.2. The van der Waals surface area contributed by atoms with Crippen molar-refractivity contribution in [1.82, 2.24) is 0 Å². The van der Waals surface area contributed by atoms with Gasteiger partial charge in [-0.1, -0.05) is 155 Å². The van der Waals surface area contributed by atoms with E-state index in [0.717, 1.165) is 0 Å². The smallest absolute Gasteiger partial charge is 0.0569 e. The Hall–Kier alpha value is -6.18. The van der Waals surface area contributed by atoms with Crippen LogP contribution in [0.25, 0.3) is 55.3 Å². The van der Waals surface area contributed by atoms with Gasteiger partial charge in [0.1, 0.15) is 0 Å². The van der Waals surface area contributed by atoms with Gasteiger partial charge in [-0.15, -0.1) is 0 Å². The highest BCUT2D eigenvalue weighted by Gasteiger charge is 2.38. The number of benzene rings is 8. The van der Waals surface area contributed by atoms with Crippen LogP contribution in [-0.2, 0) is 10.8 Å². The van der Waals surface area contributed by atoms with Crippen LogP contribution in [0.2, 0.25) is 0 Å². The summed E-state index contributed by atoms with van der Waals surface area (Å²) in [6.07, 6.45) is 0. The quantitative estimate of drug-likeness (QED) is 0.172. The molecule has 55 heavy (non-hydrogen) atoms. The molecule has 0 aromatic heterocycles. The van der Waals surface area contributed by atoms with Crippen molar-refractivity contribution in [3.05, 3.63) is 197 Å². The Bertz CT molecular complexity index is 2740. The standard InChI is InChI=1S/C54H45N/c1-34-16-7-9-19-40(34)47-31-37(42-23-15-18-36-17-8-10-20-41(36)42)30-35(2)52(47)55(38-26-28-45-43-21-11-13-24-48(43)53(3,4)50(45)32-38)39-27-29-46-44-22-12-14-25-49(44)54(5,6)51(46)33-39/h7-33H,1-6H3. The molecular formula is C54H45N. The van der Waals surface area contributed by atoms with Gasteiger partial charge in [0.25, 0.3) is 0 Å². The van der Waals surface area contributed by atoms with E-state index in [1.54, 1.807) is 0 Å². The maximum Gasteiger partial charge on any atom is 0.0569 e. The van der Waals surface area contributed by atoms with E-state index in [0.29, 0.717) is 0 Å². The summed E-state index contributed by atoms with van der Waals surface area (Å²) in [5.74, 6) is 0. The molecular weight excluding hydrogens is 663 g/mol. The van der Waals surface area contributed by atoms with Gasteiger partial charge in [0.2, 0.25) is 0 Å². The average molecular weight is 708 g/mol. The number of aryl methyl sites for hydroxylation is 2. The Morgan fingerprint density at radius 2 is 0.855 bits per heavy atom. The van der Waals surface area contributed by atoms with Gasteiger partial charge in [-0.2, -0.15) is 0 Å². The van der Waals surface area contributed by atoms with E-state index in [9.17, 15) is 0 Å². The fourth-order valence-electron chi connectivity index (χ4n) is 9.86. The highest BCUT2D eigenvalue weighted by Crippen LogP contribution is 2.54.